The maximum absolute atomic E-state index is 10.3. The molecule has 0 N–H and O–H groups in total. The van der Waals surface area contributed by atoms with Crippen molar-refractivity contribution in [2.75, 3.05) is 26.6 Å². The third kappa shape index (κ3) is 7.77. The minimum Gasteiger partial charge on any atom is -0.462 e. The maximum Gasteiger partial charge on any atom is 0.302 e. The molecule has 0 aromatic rings. The summed E-state index contributed by atoms with van der Waals surface area (Å²) in [6.45, 7) is 7.55. The summed E-state index contributed by atoms with van der Waals surface area (Å²) in [5, 5.41) is 0. The Bertz CT molecular complexity index is 158. The highest BCUT2D eigenvalue weighted by atomic mass is 31.2. The quantitative estimate of drug-likeness (QED) is 0.451. The molecule has 0 spiro atoms. The Balaban J connectivity index is 3.65. The van der Waals surface area contributed by atoms with Crippen LogP contribution >= 0.6 is 6.89 Å². The maximum atomic E-state index is 10.3. The Hall–Kier alpha value is -0.230. The Morgan fingerprint density at radius 3 is 2.30 bits per heavy atom. The van der Waals surface area contributed by atoms with Gasteiger partial charge in [0.15, 0.2) is 0 Å². The van der Waals surface area contributed by atoms with E-state index in [-0.39, 0.29) is 5.97 Å². The van der Waals surface area contributed by atoms with Crippen LogP contribution in [0.3, 0.4) is 0 Å². The van der Waals surface area contributed by atoms with Gasteiger partial charge in [0.1, 0.15) is 6.61 Å². The molecule has 0 unspecified atom stereocenters. The van der Waals surface area contributed by atoms with Crippen LogP contribution in [0.5, 0.6) is 0 Å². The first kappa shape index (κ1) is 9.77. The summed E-state index contributed by atoms with van der Waals surface area (Å²) in [6.07, 6.45) is 0. The van der Waals surface area contributed by atoms with E-state index in [1.165, 1.54) is 6.92 Å². The second-order valence-corrected chi connectivity index (χ2v) is 7.70. The van der Waals surface area contributed by atoms with E-state index in [2.05, 4.69) is 25.8 Å². The molecule has 2 nitrogen and oxygen atoms in total. The van der Waals surface area contributed by atoms with Gasteiger partial charge in [-0.05, 0) is 25.8 Å². The van der Waals surface area contributed by atoms with Crippen LogP contribution < -0.4 is 0 Å². The average molecular weight is 162 g/mol. The van der Waals surface area contributed by atoms with Crippen LogP contribution in [0.1, 0.15) is 6.92 Å². The van der Waals surface area contributed by atoms with Gasteiger partial charge < -0.3 is 4.74 Å². The zero-order valence-electron chi connectivity index (χ0n) is 7.05. The molecule has 0 saturated carbocycles. The molecular weight excluding hydrogens is 147 g/mol. The fraction of sp³-hybridized carbons (Fsp3) is 0.714. The molecular formula is C7H15O2P. The van der Waals surface area contributed by atoms with Crippen LogP contribution in [0.4, 0.5) is 0 Å². The van der Waals surface area contributed by atoms with Crippen molar-refractivity contribution >= 4 is 18.7 Å². The van der Waals surface area contributed by atoms with Crippen molar-refractivity contribution in [2.45, 2.75) is 6.92 Å². The van der Waals surface area contributed by atoms with E-state index in [0.29, 0.717) is 6.61 Å². The molecule has 0 aliphatic heterocycles. The minimum absolute atomic E-state index is 0.204. The molecule has 0 heterocycles. The lowest BCUT2D eigenvalue weighted by molar-refractivity contribution is -0.139. The molecule has 3 heteroatoms. The van der Waals surface area contributed by atoms with Crippen LogP contribution in [-0.4, -0.2) is 38.4 Å². The molecule has 60 valence electrons. The van der Waals surface area contributed by atoms with E-state index in [0.717, 1.165) is 0 Å². The number of hydrogen-bond donors (Lipinski definition) is 0. The summed E-state index contributed by atoms with van der Waals surface area (Å²) in [7, 11) is 0. The Morgan fingerprint density at radius 2 is 2.00 bits per heavy atom. The molecule has 0 aliphatic rings. The number of carbonyl (C=O) groups excluding carboxylic acids is 1. The van der Waals surface area contributed by atoms with Gasteiger partial charge in [0, 0.05) is 6.92 Å². The number of hydrogen-bond acceptors (Lipinski definition) is 2. The van der Waals surface area contributed by atoms with Crippen molar-refractivity contribution in [1.29, 1.82) is 0 Å². The smallest absolute Gasteiger partial charge is 0.302 e. The molecule has 0 aromatic carbocycles. The van der Waals surface area contributed by atoms with Gasteiger partial charge in [-0.1, -0.05) is 0 Å². The van der Waals surface area contributed by atoms with Gasteiger partial charge >= 0.3 is 5.97 Å². The van der Waals surface area contributed by atoms with Crippen molar-refractivity contribution < 1.29 is 9.53 Å². The lowest BCUT2D eigenvalue weighted by atomic mass is 10.8. The molecule has 0 rings (SSSR count). The summed E-state index contributed by atoms with van der Waals surface area (Å²) in [6, 6.07) is 0. The zero-order valence-corrected chi connectivity index (χ0v) is 7.94. The molecule has 0 amide bonds. The molecule has 0 saturated heterocycles. The third-order valence-corrected chi connectivity index (χ3v) is 2.15. The van der Waals surface area contributed by atoms with Crippen LogP contribution in [0.15, 0.2) is 0 Å². The number of rotatable bonds is 2. The predicted molar refractivity (Wildman–Crippen MR) is 47.4 cm³/mol. The molecule has 10 heavy (non-hydrogen) atoms. The van der Waals surface area contributed by atoms with E-state index in [4.69, 9.17) is 4.74 Å². The largest absolute Gasteiger partial charge is 0.462 e. The Kier molecular flexibility index (Phi) is 3.73. The van der Waals surface area contributed by atoms with E-state index in [9.17, 15) is 4.79 Å². The molecule has 0 bridgehead atoms. The highest BCUT2D eigenvalue weighted by Crippen LogP contribution is 2.30. The number of esters is 1. The Labute approximate surface area is 62.5 Å². The summed E-state index contributed by atoms with van der Waals surface area (Å²) in [5.74, 6) is 1.87. The van der Waals surface area contributed by atoms with E-state index in [1.807, 2.05) is 0 Å². The van der Waals surface area contributed by atoms with Crippen molar-refractivity contribution in [1.82, 2.24) is 0 Å². The monoisotopic (exact) mass is 162 g/mol. The predicted octanol–water partition coefficient (Wildman–Crippen LogP) is 1.26. The SMILES string of the molecule is CC(=O)OCC=P(C)(C)C. The minimum atomic E-state index is -0.874. The summed E-state index contributed by atoms with van der Waals surface area (Å²) < 4.78 is 4.75. The van der Waals surface area contributed by atoms with Crippen molar-refractivity contribution in [3.63, 3.8) is 0 Å². The fourth-order valence-corrected chi connectivity index (χ4v) is 0.900. The van der Waals surface area contributed by atoms with Gasteiger partial charge in [-0.15, -0.1) is 6.89 Å². The van der Waals surface area contributed by atoms with Gasteiger partial charge in [0.2, 0.25) is 0 Å². The average Bonchev–Trinajstić information content (AvgIpc) is 1.59. The van der Waals surface area contributed by atoms with E-state index < -0.39 is 6.89 Å². The fourth-order valence-electron chi connectivity index (χ4n) is 0.378. The first-order chi connectivity index (χ1) is 4.42. The first-order valence-electron chi connectivity index (χ1n) is 3.21. The van der Waals surface area contributed by atoms with E-state index >= 15 is 0 Å². The second kappa shape index (κ2) is 3.82. The number of carbonyl (C=O) groups is 1. The number of ether oxygens (including phenoxy) is 1. The lowest BCUT2D eigenvalue weighted by Gasteiger charge is -2.05. The van der Waals surface area contributed by atoms with Crippen molar-refractivity contribution in [3.05, 3.63) is 0 Å². The highest BCUT2D eigenvalue weighted by Gasteiger charge is 1.93. The van der Waals surface area contributed by atoms with Crippen LogP contribution in [-0.2, 0) is 9.53 Å². The van der Waals surface area contributed by atoms with Crippen LogP contribution in [0.2, 0.25) is 0 Å². The third-order valence-electron chi connectivity index (χ3n) is 0.909. The summed E-state index contributed by atoms with van der Waals surface area (Å²) >= 11 is 0. The van der Waals surface area contributed by atoms with Crippen molar-refractivity contribution in [3.8, 4) is 0 Å². The summed E-state index contributed by atoms with van der Waals surface area (Å²) in [4.78, 5) is 10.3. The van der Waals surface area contributed by atoms with E-state index in [1.54, 1.807) is 0 Å². The van der Waals surface area contributed by atoms with Gasteiger partial charge in [0.05, 0.1) is 0 Å². The standard InChI is InChI=1S/C7H15O2P/c1-7(8)9-5-6-10(2,3)4/h6H,5H2,1-4H3. The Morgan fingerprint density at radius 1 is 1.50 bits per heavy atom. The highest BCUT2D eigenvalue weighted by molar-refractivity contribution is 7.72. The van der Waals surface area contributed by atoms with Gasteiger partial charge in [-0.2, -0.15) is 0 Å². The topological polar surface area (TPSA) is 26.3 Å². The first-order valence-corrected chi connectivity index (χ1v) is 6.40. The second-order valence-electron chi connectivity index (χ2n) is 3.10. The zero-order chi connectivity index (χ0) is 8.20. The normalized spacial score (nSPS) is 10.8. The van der Waals surface area contributed by atoms with Gasteiger partial charge in [-0.3, -0.25) is 4.79 Å². The lowest BCUT2D eigenvalue weighted by Crippen LogP contribution is -2.01. The van der Waals surface area contributed by atoms with Crippen molar-refractivity contribution in [2.24, 2.45) is 0 Å². The van der Waals surface area contributed by atoms with Crippen LogP contribution in [0.25, 0.3) is 0 Å². The summed E-state index contributed by atoms with van der Waals surface area (Å²) in [5.41, 5.74) is 0. The molecule has 0 aromatic heterocycles. The van der Waals surface area contributed by atoms with Gasteiger partial charge in [0.25, 0.3) is 0 Å². The van der Waals surface area contributed by atoms with Gasteiger partial charge in [-0.25, -0.2) is 0 Å². The molecule has 0 radical (unpaired) electrons. The molecule has 0 fully saturated rings. The molecule has 0 atom stereocenters. The molecule has 0 aliphatic carbocycles. The van der Waals surface area contributed by atoms with Crippen LogP contribution in [0, 0.1) is 0 Å².